The lowest BCUT2D eigenvalue weighted by atomic mass is 9.83. The van der Waals surface area contributed by atoms with Gasteiger partial charge in [-0.05, 0) is 39.5 Å². The highest BCUT2D eigenvalue weighted by Crippen LogP contribution is 2.29. The van der Waals surface area contributed by atoms with E-state index >= 15 is 0 Å². The zero-order valence-electron chi connectivity index (χ0n) is 10.4. The molecule has 0 saturated heterocycles. The van der Waals surface area contributed by atoms with Crippen LogP contribution in [0.1, 0.15) is 51.8 Å². The summed E-state index contributed by atoms with van der Waals surface area (Å²) < 4.78 is 5.60. The minimum absolute atomic E-state index is 0.0859. The van der Waals surface area contributed by atoms with E-state index in [1.807, 2.05) is 0 Å². The maximum Gasteiger partial charge on any atom is 0.230 e. The molecule has 0 bridgehead atoms. The van der Waals surface area contributed by atoms with Crippen LogP contribution in [0.5, 0.6) is 0 Å². The maximum atomic E-state index is 5.60. The smallest absolute Gasteiger partial charge is 0.230 e. The molecule has 4 heteroatoms. The number of hydrogen-bond donors (Lipinski definition) is 1. The van der Waals surface area contributed by atoms with Gasteiger partial charge >= 0.3 is 0 Å². The predicted octanol–water partition coefficient (Wildman–Crippen LogP) is 2.30. The van der Waals surface area contributed by atoms with E-state index in [1.165, 1.54) is 19.3 Å². The second-order valence-corrected chi connectivity index (χ2v) is 5.69. The standard InChI is InChI=1S/C12H21N3O/c1-12(2,3)13-8-11-15-14-10(16-11)7-9-5-4-6-9/h9,13H,4-8H2,1-3H3. The minimum atomic E-state index is 0.0859. The van der Waals surface area contributed by atoms with E-state index in [-0.39, 0.29) is 5.54 Å². The third kappa shape index (κ3) is 3.30. The summed E-state index contributed by atoms with van der Waals surface area (Å²) >= 11 is 0. The number of nitrogens with zero attached hydrogens (tertiary/aromatic N) is 2. The number of aromatic nitrogens is 2. The number of hydrogen-bond acceptors (Lipinski definition) is 4. The van der Waals surface area contributed by atoms with Crippen molar-refractivity contribution >= 4 is 0 Å². The molecule has 0 unspecified atom stereocenters. The van der Waals surface area contributed by atoms with Crippen molar-refractivity contribution in [2.24, 2.45) is 5.92 Å². The molecule has 16 heavy (non-hydrogen) atoms. The third-order valence-electron chi connectivity index (χ3n) is 2.97. The van der Waals surface area contributed by atoms with Gasteiger partial charge < -0.3 is 9.73 Å². The zero-order chi connectivity index (χ0) is 11.6. The molecular formula is C12H21N3O. The van der Waals surface area contributed by atoms with Gasteiger partial charge in [0.15, 0.2) is 0 Å². The van der Waals surface area contributed by atoms with E-state index in [4.69, 9.17) is 4.42 Å². The zero-order valence-corrected chi connectivity index (χ0v) is 10.4. The highest BCUT2D eigenvalue weighted by atomic mass is 16.4. The molecule has 1 saturated carbocycles. The summed E-state index contributed by atoms with van der Waals surface area (Å²) in [6.45, 7) is 7.02. The summed E-state index contributed by atoms with van der Waals surface area (Å²) in [4.78, 5) is 0. The molecule has 0 aromatic carbocycles. The van der Waals surface area contributed by atoms with Crippen LogP contribution in [0.2, 0.25) is 0 Å². The molecule has 1 heterocycles. The molecule has 4 nitrogen and oxygen atoms in total. The lowest BCUT2D eigenvalue weighted by molar-refractivity contribution is 0.284. The van der Waals surface area contributed by atoms with Crippen molar-refractivity contribution in [2.75, 3.05) is 0 Å². The summed E-state index contributed by atoms with van der Waals surface area (Å²) in [5, 5.41) is 11.5. The fourth-order valence-electron chi connectivity index (χ4n) is 1.73. The monoisotopic (exact) mass is 223 g/mol. The maximum absolute atomic E-state index is 5.60. The summed E-state index contributed by atoms with van der Waals surface area (Å²) in [7, 11) is 0. The Morgan fingerprint density at radius 3 is 2.50 bits per heavy atom. The van der Waals surface area contributed by atoms with Crippen LogP contribution in [0, 0.1) is 5.92 Å². The molecule has 1 N–H and O–H groups in total. The quantitative estimate of drug-likeness (QED) is 0.851. The Hall–Kier alpha value is -0.900. The van der Waals surface area contributed by atoms with Gasteiger partial charge in [0.2, 0.25) is 11.8 Å². The SMILES string of the molecule is CC(C)(C)NCc1nnc(CC2CCC2)o1. The molecule has 2 rings (SSSR count). The van der Waals surface area contributed by atoms with Crippen LogP contribution in [-0.2, 0) is 13.0 Å². The molecule has 1 aliphatic carbocycles. The predicted molar refractivity (Wildman–Crippen MR) is 61.9 cm³/mol. The Labute approximate surface area is 96.8 Å². The topological polar surface area (TPSA) is 51.0 Å². The fraction of sp³-hybridized carbons (Fsp3) is 0.833. The van der Waals surface area contributed by atoms with Crippen molar-refractivity contribution < 1.29 is 4.42 Å². The summed E-state index contributed by atoms with van der Waals surface area (Å²) in [6, 6.07) is 0. The van der Waals surface area contributed by atoms with Gasteiger partial charge in [0.25, 0.3) is 0 Å². The Morgan fingerprint density at radius 2 is 1.94 bits per heavy atom. The van der Waals surface area contributed by atoms with Crippen LogP contribution in [0.4, 0.5) is 0 Å². The second-order valence-electron chi connectivity index (χ2n) is 5.69. The van der Waals surface area contributed by atoms with Crippen LogP contribution >= 0.6 is 0 Å². The molecule has 0 amide bonds. The van der Waals surface area contributed by atoms with E-state index in [1.54, 1.807) is 0 Å². The van der Waals surface area contributed by atoms with Gasteiger partial charge in [-0.25, -0.2) is 0 Å². The average Bonchev–Trinajstić information content (AvgIpc) is 2.55. The van der Waals surface area contributed by atoms with Gasteiger partial charge in [-0.15, -0.1) is 10.2 Å². The van der Waals surface area contributed by atoms with Crippen molar-refractivity contribution in [3.05, 3.63) is 11.8 Å². The number of rotatable bonds is 4. The molecule has 0 aliphatic heterocycles. The normalized spacial score (nSPS) is 17.4. The molecule has 1 aromatic heterocycles. The molecule has 1 fully saturated rings. The first-order valence-corrected chi connectivity index (χ1v) is 6.09. The molecule has 1 aliphatic rings. The van der Waals surface area contributed by atoms with Crippen LogP contribution in [0.3, 0.4) is 0 Å². The highest BCUT2D eigenvalue weighted by molar-refractivity contribution is 4.87. The Bertz CT molecular complexity index is 336. The van der Waals surface area contributed by atoms with E-state index < -0.39 is 0 Å². The second kappa shape index (κ2) is 4.53. The van der Waals surface area contributed by atoms with Crippen molar-refractivity contribution in [1.29, 1.82) is 0 Å². The average molecular weight is 223 g/mol. The van der Waals surface area contributed by atoms with E-state index in [2.05, 4.69) is 36.3 Å². The van der Waals surface area contributed by atoms with Gasteiger partial charge in [-0.1, -0.05) is 6.42 Å². The molecule has 0 radical (unpaired) electrons. The Morgan fingerprint density at radius 1 is 1.25 bits per heavy atom. The van der Waals surface area contributed by atoms with Crippen LogP contribution in [0.15, 0.2) is 4.42 Å². The van der Waals surface area contributed by atoms with E-state index in [0.717, 1.165) is 18.2 Å². The van der Waals surface area contributed by atoms with Crippen LogP contribution < -0.4 is 5.32 Å². The van der Waals surface area contributed by atoms with Crippen molar-refractivity contribution in [3.63, 3.8) is 0 Å². The van der Waals surface area contributed by atoms with Gasteiger partial charge in [0, 0.05) is 12.0 Å². The first-order chi connectivity index (χ1) is 7.53. The lowest BCUT2D eigenvalue weighted by Crippen LogP contribution is -2.35. The van der Waals surface area contributed by atoms with Crippen molar-refractivity contribution in [1.82, 2.24) is 15.5 Å². The third-order valence-corrected chi connectivity index (χ3v) is 2.97. The largest absolute Gasteiger partial charge is 0.424 e. The summed E-state index contributed by atoms with van der Waals surface area (Å²) in [6.07, 6.45) is 4.95. The molecular weight excluding hydrogens is 202 g/mol. The fourth-order valence-corrected chi connectivity index (χ4v) is 1.73. The van der Waals surface area contributed by atoms with Crippen molar-refractivity contribution in [3.8, 4) is 0 Å². The van der Waals surface area contributed by atoms with E-state index in [0.29, 0.717) is 12.4 Å². The van der Waals surface area contributed by atoms with Gasteiger partial charge in [-0.3, -0.25) is 0 Å². The molecule has 0 atom stereocenters. The van der Waals surface area contributed by atoms with Gasteiger partial charge in [0.05, 0.1) is 6.54 Å². The highest BCUT2D eigenvalue weighted by Gasteiger charge is 2.20. The van der Waals surface area contributed by atoms with Gasteiger partial charge in [-0.2, -0.15) is 0 Å². The molecule has 1 aromatic rings. The molecule has 0 spiro atoms. The van der Waals surface area contributed by atoms with Gasteiger partial charge in [0.1, 0.15) is 0 Å². The van der Waals surface area contributed by atoms with Crippen LogP contribution in [0.25, 0.3) is 0 Å². The lowest BCUT2D eigenvalue weighted by Gasteiger charge is -2.23. The Balaban J connectivity index is 1.82. The van der Waals surface area contributed by atoms with Crippen LogP contribution in [-0.4, -0.2) is 15.7 Å². The minimum Gasteiger partial charge on any atom is -0.424 e. The molecule has 90 valence electrons. The van der Waals surface area contributed by atoms with E-state index in [9.17, 15) is 0 Å². The summed E-state index contributed by atoms with van der Waals surface area (Å²) in [5.74, 6) is 2.28. The summed E-state index contributed by atoms with van der Waals surface area (Å²) in [5.41, 5.74) is 0.0859. The first kappa shape index (κ1) is 11.6. The number of nitrogens with one attached hydrogen (secondary N) is 1. The van der Waals surface area contributed by atoms with Crippen molar-refractivity contribution in [2.45, 2.75) is 58.5 Å². The Kier molecular flexibility index (Phi) is 3.28. The first-order valence-electron chi connectivity index (χ1n) is 6.09.